The van der Waals surface area contributed by atoms with E-state index in [4.69, 9.17) is 0 Å². The molecule has 0 unspecified atom stereocenters. The molecule has 0 atom stereocenters. The van der Waals surface area contributed by atoms with Crippen molar-refractivity contribution in [2.75, 3.05) is 6.54 Å². The fourth-order valence-electron chi connectivity index (χ4n) is 1.37. The fraction of sp³-hybridized carbons (Fsp3) is 0.333. The Bertz CT molecular complexity index is 427. The van der Waals surface area contributed by atoms with Crippen molar-refractivity contribution < 1.29 is 9.59 Å². The van der Waals surface area contributed by atoms with Crippen LogP contribution in [0.2, 0.25) is 0 Å². The van der Waals surface area contributed by atoms with Crippen LogP contribution >= 0.6 is 22.6 Å². The standard InChI is InChI=1S/C12H13IN2O2/c13-9-3-1-8(2-4-9)12(17)14-7-11(16)15-10-5-6-10/h1-4,10H,5-7H2,(H,14,17)(H,15,16). The fourth-order valence-corrected chi connectivity index (χ4v) is 1.73. The summed E-state index contributed by atoms with van der Waals surface area (Å²) in [7, 11) is 0. The number of halogens is 1. The molecule has 0 saturated heterocycles. The summed E-state index contributed by atoms with van der Waals surface area (Å²) in [6.07, 6.45) is 2.10. The van der Waals surface area contributed by atoms with E-state index in [0.717, 1.165) is 16.4 Å². The molecule has 2 amide bonds. The van der Waals surface area contributed by atoms with Gasteiger partial charge in [0.2, 0.25) is 5.91 Å². The Hall–Kier alpha value is -1.11. The number of benzene rings is 1. The van der Waals surface area contributed by atoms with Gasteiger partial charge >= 0.3 is 0 Å². The first kappa shape index (κ1) is 12.3. The highest BCUT2D eigenvalue weighted by Crippen LogP contribution is 2.18. The lowest BCUT2D eigenvalue weighted by Gasteiger charge is -2.05. The monoisotopic (exact) mass is 344 g/mol. The largest absolute Gasteiger partial charge is 0.352 e. The van der Waals surface area contributed by atoms with Crippen molar-refractivity contribution in [1.29, 1.82) is 0 Å². The van der Waals surface area contributed by atoms with Gasteiger partial charge in [-0.1, -0.05) is 0 Å². The predicted octanol–water partition coefficient (Wildman–Crippen LogP) is 1.30. The van der Waals surface area contributed by atoms with E-state index >= 15 is 0 Å². The van der Waals surface area contributed by atoms with Crippen LogP contribution in [0.5, 0.6) is 0 Å². The third-order valence-electron chi connectivity index (χ3n) is 2.46. The van der Waals surface area contributed by atoms with Gasteiger partial charge in [-0.3, -0.25) is 9.59 Å². The third-order valence-corrected chi connectivity index (χ3v) is 3.18. The highest BCUT2D eigenvalue weighted by atomic mass is 127. The van der Waals surface area contributed by atoms with Gasteiger partial charge in [0.05, 0.1) is 6.54 Å². The zero-order valence-corrected chi connectivity index (χ0v) is 11.4. The number of carbonyl (C=O) groups excluding carboxylic acids is 2. The number of amides is 2. The zero-order chi connectivity index (χ0) is 12.3. The van der Waals surface area contributed by atoms with Gasteiger partial charge in [-0.2, -0.15) is 0 Å². The molecule has 2 N–H and O–H groups in total. The molecule has 1 fully saturated rings. The van der Waals surface area contributed by atoms with Gasteiger partial charge in [0.1, 0.15) is 0 Å². The molecule has 1 aromatic carbocycles. The van der Waals surface area contributed by atoms with Crippen LogP contribution in [0.25, 0.3) is 0 Å². The molecule has 5 heteroatoms. The zero-order valence-electron chi connectivity index (χ0n) is 9.20. The van der Waals surface area contributed by atoms with Crippen LogP contribution in [0.1, 0.15) is 23.2 Å². The summed E-state index contributed by atoms with van der Waals surface area (Å²) in [5.41, 5.74) is 0.574. The van der Waals surface area contributed by atoms with Gasteiger partial charge in [0.25, 0.3) is 5.91 Å². The molecule has 90 valence electrons. The molecule has 17 heavy (non-hydrogen) atoms. The summed E-state index contributed by atoms with van der Waals surface area (Å²) in [5.74, 6) is -0.335. The van der Waals surface area contributed by atoms with Crippen molar-refractivity contribution in [1.82, 2.24) is 10.6 Å². The lowest BCUT2D eigenvalue weighted by Crippen LogP contribution is -2.37. The molecule has 1 saturated carbocycles. The summed E-state index contributed by atoms with van der Waals surface area (Å²) >= 11 is 2.18. The van der Waals surface area contributed by atoms with Crippen molar-refractivity contribution in [2.24, 2.45) is 0 Å². The first-order chi connectivity index (χ1) is 8.15. The maximum Gasteiger partial charge on any atom is 0.251 e. The van der Waals surface area contributed by atoms with Crippen molar-refractivity contribution in [2.45, 2.75) is 18.9 Å². The Balaban J connectivity index is 1.79. The Morgan fingerprint density at radius 2 is 1.88 bits per heavy atom. The van der Waals surface area contributed by atoms with Gasteiger partial charge in [-0.25, -0.2) is 0 Å². The van der Waals surface area contributed by atoms with E-state index in [0.29, 0.717) is 11.6 Å². The highest BCUT2D eigenvalue weighted by Gasteiger charge is 2.23. The molecule has 0 radical (unpaired) electrons. The molecule has 0 aromatic heterocycles. The molecular weight excluding hydrogens is 331 g/mol. The summed E-state index contributed by atoms with van der Waals surface area (Å²) in [6.45, 7) is 0.0430. The minimum atomic E-state index is -0.215. The van der Waals surface area contributed by atoms with Crippen molar-refractivity contribution in [3.63, 3.8) is 0 Å². The van der Waals surface area contributed by atoms with Gasteiger partial charge in [-0.05, 0) is 59.7 Å². The summed E-state index contributed by atoms with van der Waals surface area (Å²) in [4.78, 5) is 23.0. The number of carbonyl (C=O) groups is 2. The summed E-state index contributed by atoms with van der Waals surface area (Å²) < 4.78 is 1.07. The number of hydrogen-bond donors (Lipinski definition) is 2. The maximum absolute atomic E-state index is 11.7. The SMILES string of the molecule is O=C(CNC(=O)c1ccc(I)cc1)NC1CC1. The number of rotatable bonds is 4. The molecular formula is C12H13IN2O2. The van der Waals surface area contributed by atoms with Gasteiger partial charge in [0, 0.05) is 15.2 Å². The van der Waals surface area contributed by atoms with E-state index in [1.807, 2.05) is 12.1 Å². The second-order valence-corrected chi connectivity index (χ2v) is 5.28. The van der Waals surface area contributed by atoms with Crippen molar-refractivity contribution >= 4 is 34.4 Å². The average molecular weight is 344 g/mol. The quantitative estimate of drug-likeness (QED) is 0.809. The molecule has 0 heterocycles. The molecule has 2 rings (SSSR count). The van der Waals surface area contributed by atoms with Crippen LogP contribution in [0.3, 0.4) is 0 Å². The number of nitrogens with one attached hydrogen (secondary N) is 2. The van der Waals surface area contributed by atoms with Crippen LogP contribution in [0.4, 0.5) is 0 Å². The Labute approximate surface area is 113 Å². The second kappa shape index (κ2) is 5.48. The minimum Gasteiger partial charge on any atom is -0.352 e. The molecule has 4 nitrogen and oxygen atoms in total. The normalized spacial score (nSPS) is 14.2. The van der Waals surface area contributed by atoms with E-state index in [2.05, 4.69) is 33.2 Å². The van der Waals surface area contributed by atoms with Gasteiger partial charge in [-0.15, -0.1) is 0 Å². The van der Waals surface area contributed by atoms with E-state index in [1.165, 1.54) is 0 Å². The minimum absolute atomic E-state index is 0.0430. The molecule has 1 aromatic rings. The van der Waals surface area contributed by atoms with Crippen molar-refractivity contribution in [3.05, 3.63) is 33.4 Å². The molecule has 0 bridgehead atoms. The first-order valence-corrected chi connectivity index (χ1v) is 6.56. The van der Waals surface area contributed by atoms with Crippen LogP contribution in [0, 0.1) is 3.57 Å². The smallest absolute Gasteiger partial charge is 0.251 e. The van der Waals surface area contributed by atoms with Crippen LogP contribution in [-0.2, 0) is 4.79 Å². The second-order valence-electron chi connectivity index (χ2n) is 4.03. The topological polar surface area (TPSA) is 58.2 Å². The molecule has 1 aliphatic carbocycles. The Kier molecular flexibility index (Phi) is 3.98. The van der Waals surface area contributed by atoms with Gasteiger partial charge < -0.3 is 10.6 Å². The van der Waals surface area contributed by atoms with Crippen LogP contribution < -0.4 is 10.6 Å². The lowest BCUT2D eigenvalue weighted by molar-refractivity contribution is -0.120. The summed E-state index contributed by atoms with van der Waals surface area (Å²) in [5, 5.41) is 5.41. The van der Waals surface area contributed by atoms with E-state index in [9.17, 15) is 9.59 Å². The van der Waals surface area contributed by atoms with Crippen LogP contribution in [0.15, 0.2) is 24.3 Å². The van der Waals surface area contributed by atoms with E-state index < -0.39 is 0 Å². The Morgan fingerprint density at radius 1 is 1.24 bits per heavy atom. The maximum atomic E-state index is 11.7. The average Bonchev–Trinajstić information content (AvgIpc) is 3.11. The first-order valence-electron chi connectivity index (χ1n) is 5.48. The molecule has 0 aliphatic heterocycles. The lowest BCUT2D eigenvalue weighted by atomic mass is 10.2. The van der Waals surface area contributed by atoms with Gasteiger partial charge in [0.15, 0.2) is 0 Å². The summed E-state index contributed by atoms with van der Waals surface area (Å²) in [6, 6.07) is 7.54. The predicted molar refractivity (Wildman–Crippen MR) is 72.7 cm³/mol. The molecule has 0 spiro atoms. The van der Waals surface area contributed by atoms with Crippen LogP contribution in [-0.4, -0.2) is 24.4 Å². The van der Waals surface area contributed by atoms with E-state index in [1.54, 1.807) is 12.1 Å². The third kappa shape index (κ3) is 3.99. The highest BCUT2D eigenvalue weighted by molar-refractivity contribution is 14.1. The van der Waals surface area contributed by atoms with E-state index in [-0.39, 0.29) is 18.4 Å². The molecule has 1 aliphatic rings. The van der Waals surface area contributed by atoms with Crippen molar-refractivity contribution in [3.8, 4) is 0 Å². The number of hydrogen-bond acceptors (Lipinski definition) is 2. The Morgan fingerprint density at radius 3 is 2.47 bits per heavy atom.